The van der Waals surface area contributed by atoms with E-state index in [0.29, 0.717) is 45.5 Å². The van der Waals surface area contributed by atoms with Crippen LogP contribution in [-0.4, -0.2) is 54.2 Å². The van der Waals surface area contributed by atoms with E-state index in [2.05, 4.69) is 32.4 Å². The third-order valence-electron chi connectivity index (χ3n) is 8.72. The first-order valence-corrected chi connectivity index (χ1v) is 17.3. The molecule has 0 atom stereocenters. The monoisotopic (exact) mass is 732 g/mol. The number of hydrogen-bond acceptors (Lipinski definition) is 9. The van der Waals surface area contributed by atoms with Crippen molar-refractivity contribution in [3.05, 3.63) is 155 Å². The zero-order chi connectivity index (χ0) is 38.1. The molecule has 8 rings (SSSR count). The number of rotatable bonds is 10. The van der Waals surface area contributed by atoms with E-state index in [1.807, 2.05) is 51.6 Å². The molecule has 55 heavy (non-hydrogen) atoms. The molecule has 12 nitrogen and oxygen atoms in total. The smallest absolute Gasteiger partial charge is 0.267 e. The number of hydrogen-bond donors (Lipinski definition) is 1. The molecule has 0 saturated heterocycles. The van der Waals surface area contributed by atoms with Gasteiger partial charge in [-0.25, -0.2) is 4.39 Å². The Morgan fingerprint density at radius 1 is 0.927 bits per heavy atom. The Bertz CT molecular complexity index is 2720. The fraction of sp³-hybridized carbons (Fsp3) is 0.0952. The van der Waals surface area contributed by atoms with Crippen molar-refractivity contribution in [1.29, 1.82) is 0 Å². The minimum absolute atomic E-state index is 0.0795. The molecule has 13 heteroatoms. The van der Waals surface area contributed by atoms with Crippen molar-refractivity contribution in [3.63, 3.8) is 0 Å². The Morgan fingerprint density at radius 2 is 1.75 bits per heavy atom. The van der Waals surface area contributed by atoms with Gasteiger partial charge in [-0.05, 0) is 104 Å². The lowest BCUT2D eigenvalue weighted by atomic mass is 9.99. The lowest BCUT2D eigenvalue weighted by Gasteiger charge is -2.12. The average Bonchev–Trinajstić information content (AvgIpc) is 3.80. The molecule has 0 saturated carbocycles. The number of aryl methyl sites for hydroxylation is 1. The lowest BCUT2D eigenvalue weighted by molar-refractivity contribution is 0.102. The average molecular weight is 733 g/mol. The summed E-state index contributed by atoms with van der Waals surface area (Å²) in [6.45, 7) is 0.729. The van der Waals surface area contributed by atoms with E-state index >= 15 is 0 Å². The van der Waals surface area contributed by atoms with E-state index in [0.717, 1.165) is 28.8 Å². The molecule has 0 bridgehead atoms. The van der Waals surface area contributed by atoms with Crippen LogP contribution in [0.3, 0.4) is 0 Å². The molecule has 0 spiro atoms. The van der Waals surface area contributed by atoms with Crippen LogP contribution >= 0.6 is 0 Å². The Kier molecular flexibility index (Phi) is 9.27. The van der Waals surface area contributed by atoms with Gasteiger partial charge in [-0.2, -0.15) is 15.1 Å². The number of carbonyl (C=O) groups excluding carboxylic acids is 1. The summed E-state index contributed by atoms with van der Waals surface area (Å²) in [5.74, 6) is 0.483. The van der Waals surface area contributed by atoms with E-state index in [1.54, 1.807) is 53.5 Å². The number of anilines is 1. The third kappa shape index (κ3) is 7.24. The third-order valence-corrected chi connectivity index (χ3v) is 8.72. The summed E-state index contributed by atoms with van der Waals surface area (Å²) in [7, 11) is 5.88. The molecule has 0 radical (unpaired) electrons. The van der Waals surface area contributed by atoms with Crippen molar-refractivity contribution in [2.75, 3.05) is 19.4 Å². The van der Waals surface area contributed by atoms with Gasteiger partial charge in [0, 0.05) is 49.1 Å². The maximum Gasteiger partial charge on any atom is 0.267 e. The molecule has 0 aliphatic carbocycles. The summed E-state index contributed by atoms with van der Waals surface area (Å²) in [5, 5.41) is 7.73. The van der Waals surface area contributed by atoms with Crippen LogP contribution in [0, 0.1) is 5.82 Å². The molecule has 3 aromatic carbocycles. The molecular weight excluding hydrogens is 700 g/mol. The van der Waals surface area contributed by atoms with Crippen LogP contribution in [0.25, 0.3) is 50.8 Å². The predicted molar refractivity (Wildman–Crippen MR) is 207 cm³/mol. The Labute approximate surface area is 314 Å². The predicted octanol–water partition coefficient (Wildman–Crippen LogP) is 7.75. The molecule has 0 fully saturated rings. The van der Waals surface area contributed by atoms with Gasteiger partial charge in [-0.15, -0.1) is 0 Å². The van der Waals surface area contributed by atoms with Gasteiger partial charge in [0.15, 0.2) is 5.82 Å². The second-order valence-electron chi connectivity index (χ2n) is 13.0. The van der Waals surface area contributed by atoms with Crippen LogP contribution < -0.4 is 15.6 Å². The number of carbonyl (C=O) groups is 1. The molecule has 5 aromatic heterocycles. The van der Waals surface area contributed by atoms with Gasteiger partial charge in [0.25, 0.3) is 11.5 Å². The molecule has 1 N–H and O–H groups in total. The minimum atomic E-state index is -0.602. The summed E-state index contributed by atoms with van der Waals surface area (Å²) in [4.78, 5) is 42.8. The number of nitrogens with zero attached hydrogens (tertiary/aromatic N) is 7. The Morgan fingerprint density at radius 3 is 2.47 bits per heavy atom. The normalized spacial score (nSPS) is 11.3. The van der Waals surface area contributed by atoms with Crippen LogP contribution in [0.1, 0.15) is 15.9 Å². The molecule has 0 aliphatic heterocycles. The van der Waals surface area contributed by atoms with Crippen molar-refractivity contribution in [1.82, 2.24) is 34.2 Å². The summed E-state index contributed by atoms with van der Waals surface area (Å²) in [5.41, 5.74) is 4.54. The van der Waals surface area contributed by atoms with Crippen molar-refractivity contribution in [2.45, 2.75) is 6.54 Å². The van der Waals surface area contributed by atoms with Gasteiger partial charge in [-0.1, -0.05) is 24.3 Å². The topological polar surface area (TPSA) is 133 Å². The van der Waals surface area contributed by atoms with E-state index in [1.165, 1.54) is 41.1 Å². The highest BCUT2D eigenvalue weighted by molar-refractivity contribution is 6.05. The van der Waals surface area contributed by atoms with Crippen molar-refractivity contribution in [3.8, 4) is 51.3 Å². The van der Waals surface area contributed by atoms with Crippen molar-refractivity contribution >= 4 is 22.7 Å². The first kappa shape index (κ1) is 34.8. The maximum absolute atomic E-state index is 13.5. The molecule has 1 amide bonds. The largest absolute Gasteiger partial charge is 0.438 e. The maximum atomic E-state index is 13.5. The molecule has 8 aromatic rings. The summed E-state index contributed by atoms with van der Waals surface area (Å²) in [6, 6.07) is 28.8. The quantitative estimate of drug-likeness (QED) is 0.150. The number of amides is 1. The molecule has 0 unspecified atom stereocenters. The first-order chi connectivity index (χ1) is 26.7. The van der Waals surface area contributed by atoms with Gasteiger partial charge >= 0.3 is 0 Å². The highest BCUT2D eigenvalue weighted by Crippen LogP contribution is 2.45. The number of aromatic nitrogens is 6. The van der Waals surface area contributed by atoms with E-state index in [-0.39, 0.29) is 11.4 Å². The van der Waals surface area contributed by atoms with Gasteiger partial charge in [0.05, 0.1) is 11.8 Å². The zero-order valence-electron chi connectivity index (χ0n) is 30.0. The zero-order valence-corrected chi connectivity index (χ0v) is 30.0. The van der Waals surface area contributed by atoms with Gasteiger partial charge < -0.3 is 19.4 Å². The highest BCUT2D eigenvalue weighted by Gasteiger charge is 2.26. The Balaban J connectivity index is 1.17. The van der Waals surface area contributed by atoms with Crippen LogP contribution in [0.4, 0.5) is 10.1 Å². The number of benzene rings is 3. The van der Waals surface area contributed by atoms with Crippen molar-refractivity contribution < 1.29 is 18.3 Å². The number of furan rings is 1. The van der Waals surface area contributed by atoms with Crippen molar-refractivity contribution in [2.24, 2.45) is 7.05 Å². The van der Waals surface area contributed by atoms with Crippen LogP contribution in [-0.2, 0) is 13.6 Å². The van der Waals surface area contributed by atoms with E-state index < -0.39 is 17.3 Å². The fourth-order valence-electron chi connectivity index (χ4n) is 6.25. The van der Waals surface area contributed by atoms with Gasteiger partial charge in [0.2, 0.25) is 11.6 Å². The number of ether oxygens (including phenoxy) is 1. The minimum Gasteiger partial charge on any atom is -0.438 e. The summed E-state index contributed by atoms with van der Waals surface area (Å²) < 4.78 is 29.6. The molecule has 0 aliphatic rings. The SMILES string of the molecule is CN(C)Cc1cccc(-c2c(-c3cnn(C)c3)oc3nc(-c4ccccn4)nc(Oc4ccc(NC(=O)c5cccn(-c6ccc(F)cc6)c5=O)cc4)c23)c1. The number of pyridine rings is 2. The second-order valence-corrected chi connectivity index (χ2v) is 13.0. The van der Waals surface area contributed by atoms with E-state index in [9.17, 15) is 14.0 Å². The highest BCUT2D eigenvalue weighted by atomic mass is 19.1. The van der Waals surface area contributed by atoms with Gasteiger partial charge in [-0.3, -0.25) is 23.8 Å². The number of nitrogens with one attached hydrogen (secondary N) is 1. The second kappa shape index (κ2) is 14.6. The molecule has 272 valence electrons. The van der Waals surface area contributed by atoms with Crippen LogP contribution in [0.2, 0.25) is 0 Å². The standard InChI is InChI=1S/C42H33FN8O4/c1-49(2)24-26-8-6-9-27(22-26)35-36-40(47-38(34-11-4-5-20-44-34)48-41(36)55-37(35)28-23-45-50(3)25-28)54-32-18-14-30(15-19-32)46-39(52)33-10-7-21-51(42(33)53)31-16-12-29(43)13-17-31/h4-23,25H,24H2,1-3H3,(H,46,52). The molecule has 5 heterocycles. The van der Waals surface area contributed by atoms with Crippen LogP contribution in [0.5, 0.6) is 11.6 Å². The number of halogens is 1. The van der Waals surface area contributed by atoms with Crippen LogP contribution in [0.15, 0.2) is 137 Å². The van der Waals surface area contributed by atoms with E-state index in [4.69, 9.17) is 19.1 Å². The lowest BCUT2D eigenvalue weighted by Crippen LogP contribution is -2.27. The van der Waals surface area contributed by atoms with Gasteiger partial charge in [0.1, 0.15) is 34.0 Å². The molecular formula is C42H33FN8O4. The summed E-state index contributed by atoms with van der Waals surface area (Å²) in [6.07, 6.45) is 6.79. The Hall–Kier alpha value is -7.25. The number of fused-ring (bicyclic) bond motifs is 1. The summed E-state index contributed by atoms with van der Waals surface area (Å²) >= 11 is 0. The fourth-order valence-corrected chi connectivity index (χ4v) is 6.25. The first-order valence-electron chi connectivity index (χ1n) is 17.3.